The van der Waals surface area contributed by atoms with Crippen LogP contribution in [0.1, 0.15) is 18.4 Å². The van der Waals surface area contributed by atoms with Gasteiger partial charge in [0, 0.05) is 16.7 Å². The molecule has 1 aliphatic carbocycles. The third-order valence-electron chi connectivity index (χ3n) is 3.15. The number of rotatable bonds is 5. The number of aryl methyl sites for hydroxylation is 1. The molecular weight excluding hydrogens is 218 g/mol. The monoisotopic (exact) mass is 237 g/mol. The first-order chi connectivity index (χ1) is 7.70. The normalized spacial score (nSPS) is 19.4. The summed E-state index contributed by atoms with van der Waals surface area (Å²) >= 11 is 0. The summed E-state index contributed by atoms with van der Waals surface area (Å²) < 4.78 is 12.2. The van der Waals surface area contributed by atoms with Crippen molar-refractivity contribution in [2.24, 2.45) is 5.92 Å². The average molecular weight is 237 g/mol. The molecule has 1 aromatic rings. The second-order valence-corrected chi connectivity index (χ2v) is 6.06. The fraction of sp³-hybridized carbons (Fsp3) is 0.538. The van der Waals surface area contributed by atoms with Crippen LogP contribution in [-0.4, -0.2) is 23.1 Å². The van der Waals surface area contributed by atoms with Gasteiger partial charge in [-0.15, -0.1) is 0 Å². The molecule has 0 amide bonds. The standard InChI is InChI=1S/C13H19NOS/c1-10-4-3-5-12(8-10)16(15)9-13(14-2)11-6-7-11/h3-5,8,11,13-14H,6-7,9H2,1-2H3. The highest BCUT2D eigenvalue weighted by atomic mass is 32.2. The summed E-state index contributed by atoms with van der Waals surface area (Å²) in [5.74, 6) is 1.49. The average Bonchev–Trinajstić information content (AvgIpc) is 3.09. The van der Waals surface area contributed by atoms with Crippen LogP contribution in [0.2, 0.25) is 0 Å². The summed E-state index contributed by atoms with van der Waals surface area (Å²) in [6.45, 7) is 2.04. The first kappa shape index (κ1) is 11.8. The zero-order chi connectivity index (χ0) is 11.5. The minimum absolute atomic E-state index is 0.418. The van der Waals surface area contributed by atoms with Crippen molar-refractivity contribution in [3.8, 4) is 0 Å². The van der Waals surface area contributed by atoms with Crippen LogP contribution < -0.4 is 5.32 Å². The lowest BCUT2D eigenvalue weighted by atomic mass is 10.2. The minimum Gasteiger partial charge on any atom is -0.316 e. The Morgan fingerprint density at radius 1 is 1.50 bits per heavy atom. The topological polar surface area (TPSA) is 29.1 Å². The van der Waals surface area contributed by atoms with Crippen LogP contribution in [0.4, 0.5) is 0 Å². The van der Waals surface area contributed by atoms with Crippen molar-refractivity contribution in [1.29, 1.82) is 0 Å². The van der Waals surface area contributed by atoms with Gasteiger partial charge in [0.05, 0.1) is 10.8 Å². The van der Waals surface area contributed by atoms with Crippen molar-refractivity contribution in [1.82, 2.24) is 5.32 Å². The van der Waals surface area contributed by atoms with Gasteiger partial charge in [0.1, 0.15) is 0 Å². The Morgan fingerprint density at radius 2 is 2.25 bits per heavy atom. The second-order valence-electron chi connectivity index (χ2n) is 4.56. The molecule has 1 aliphatic rings. The number of nitrogens with one attached hydrogen (secondary N) is 1. The largest absolute Gasteiger partial charge is 0.316 e. The summed E-state index contributed by atoms with van der Waals surface area (Å²) in [4.78, 5) is 0.959. The van der Waals surface area contributed by atoms with Gasteiger partial charge in [-0.25, -0.2) is 0 Å². The fourth-order valence-electron chi connectivity index (χ4n) is 1.97. The lowest BCUT2D eigenvalue weighted by Gasteiger charge is -2.14. The van der Waals surface area contributed by atoms with E-state index in [0.717, 1.165) is 16.6 Å². The molecule has 1 saturated carbocycles. The predicted molar refractivity (Wildman–Crippen MR) is 68.0 cm³/mol. The van der Waals surface area contributed by atoms with E-state index in [1.54, 1.807) is 0 Å². The molecule has 2 atom stereocenters. The Morgan fingerprint density at radius 3 is 2.81 bits per heavy atom. The van der Waals surface area contributed by atoms with E-state index in [-0.39, 0.29) is 0 Å². The molecule has 2 nitrogen and oxygen atoms in total. The van der Waals surface area contributed by atoms with Crippen LogP contribution in [0, 0.1) is 12.8 Å². The van der Waals surface area contributed by atoms with Gasteiger partial charge < -0.3 is 5.32 Å². The molecule has 16 heavy (non-hydrogen) atoms. The maximum atomic E-state index is 12.2. The van der Waals surface area contributed by atoms with E-state index >= 15 is 0 Å². The molecule has 1 aromatic carbocycles. The Bertz CT molecular complexity index is 387. The van der Waals surface area contributed by atoms with Crippen LogP contribution in [0.3, 0.4) is 0 Å². The van der Waals surface area contributed by atoms with Crippen molar-refractivity contribution < 1.29 is 4.21 Å². The smallest absolute Gasteiger partial charge is 0.0545 e. The second kappa shape index (κ2) is 5.11. The number of benzene rings is 1. The molecule has 0 radical (unpaired) electrons. The molecule has 3 heteroatoms. The van der Waals surface area contributed by atoms with Gasteiger partial charge in [0.25, 0.3) is 0 Å². The maximum Gasteiger partial charge on any atom is 0.0545 e. The summed E-state index contributed by atoms with van der Waals surface area (Å²) in [7, 11) is 1.10. The van der Waals surface area contributed by atoms with Gasteiger partial charge in [-0.1, -0.05) is 12.1 Å². The Balaban J connectivity index is 2.01. The molecule has 1 fully saturated rings. The van der Waals surface area contributed by atoms with E-state index < -0.39 is 10.8 Å². The first-order valence-electron chi connectivity index (χ1n) is 5.83. The van der Waals surface area contributed by atoms with Gasteiger partial charge in [0.2, 0.25) is 0 Å². The van der Waals surface area contributed by atoms with E-state index in [0.29, 0.717) is 6.04 Å². The third-order valence-corrected chi connectivity index (χ3v) is 4.59. The van der Waals surface area contributed by atoms with Gasteiger partial charge in [-0.05, 0) is 50.4 Å². The Labute approximate surface area is 99.9 Å². The van der Waals surface area contributed by atoms with Crippen molar-refractivity contribution in [3.63, 3.8) is 0 Å². The minimum atomic E-state index is -0.867. The van der Waals surface area contributed by atoms with Crippen LogP contribution in [0.15, 0.2) is 29.2 Å². The molecule has 2 unspecified atom stereocenters. The summed E-state index contributed by atoms with van der Waals surface area (Å²) in [6.07, 6.45) is 2.58. The lowest BCUT2D eigenvalue weighted by molar-refractivity contribution is 0.546. The van der Waals surface area contributed by atoms with Crippen molar-refractivity contribution >= 4 is 10.8 Å². The maximum absolute atomic E-state index is 12.2. The lowest BCUT2D eigenvalue weighted by Crippen LogP contribution is -2.33. The number of hydrogen-bond acceptors (Lipinski definition) is 2. The molecule has 0 heterocycles. The fourth-order valence-corrected chi connectivity index (χ4v) is 3.48. The molecule has 88 valence electrons. The van der Waals surface area contributed by atoms with E-state index in [2.05, 4.69) is 5.32 Å². The van der Waals surface area contributed by atoms with Crippen molar-refractivity contribution in [2.75, 3.05) is 12.8 Å². The molecule has 0 aromatic heterocycles. The summed E-state index contributed by atoms with van der Waals surface area (Å²) in [5, 5.41) is 3.29. The first-order valence-corrected chi connectivity index (χ1v) is 7.15. The van der Waals surface area contributed by atoms with Crippen molar-refractivity contribution in [3.05, 3.63) is 29.8 Å². The van der Waals surface area contributed by atoms with Crippen LogP contribution in [-0.2, 0) is 10.8 Å². The van der Waals surface area contributed by atoms with E-state index in [9.17, 15) is 4.21 Å². The van der Waals surface area contributed by atoms with Gasteiger partial charge in [0.15, 0.2) is 0 Å². The highest BCUT2D eigenvalue weighted by Crippen LogP contribution is 2.33. The van der Waals surface area contributed by atoms with Crippen molar-refractivity contribution in [2.45, 2.75) is 30.7 Å². The zero-order valence-electron chi connectivity index (χ0n) is 9.90. The van der Waals surface area contributed by atoms with Crippen LogP contribution >= 0.6 is 0 Å². The highest BCUT2D eigenvalue weighted by molar-refractivity contribution is 7.85. The zero-order valence-corrected chi connectivity index (χ0v) is 10.7. The van der Waals surface area contributed by atoms with Gasteiger partial charge in [-0.3, -0.25) is 4.21 Å². The molecule has 1 N–H and O–H groups in total. The molecule has 0 aliphatic heterocycles. The Hall–Kier alpha value is -0.670. The van der Waals surface area contributed by atoms with Crippen LogP contribution in [0.25, 0.3) is 0 Å². The summed E-state index contributed by atoms with van der Waals surface area (Å²) in [6, 6.07) is 8.42. The van der Waals surface area contributed by atoms with E-state index in [4.69, 9.17) is 0 Å². The van der Waals surface area contributed by atoms with E-state index in [1.807, 2.05) is 38.2 Å². The third kappa shape index (κ3) is 2.92. The predicted octanol–water partition coefficient (Wildman–Crippen LogP) is 2.10. The highest BCUT2D eigenvalue weighted by Gasteiger charge is 2.31. The molecule has 2 rings (SSSR count). The van der Waals surface area contributed by atoms with Gasteiger partial charge in [-0.2, -0.15) is 0 Å². The van der Waals surface area contributed by atoms with E-state index in [1.165, 1.54) is 18.4 Å². The molecular formula is C13H19NOS. The molecule has 0 saturated heterocycles. The summed E-state index contributed by atoms with van der Waals surface area (Å²) in [5.41, 5.74) is 1.18. The SMILES string of the molecule is CNC(CS(=O)c1cccc(C)c1)C1CC1. The van der Waals surface area contributed by atoms with Crippen LogP contribution in [0.5, 0.6) is 0 Å². The Kier molecular flexibility index (Phi) is 3.77. The van der Waals surface area contributed by atoms with Gasteiger partial charge >= 0.3 is 0 Å². The molecule has 0 bridgehead atoms. The quantitative estimate of drug-likeness (QED) is 0.849. The molecule has 0 spiro atoms. The number of hydrogen-bond donors (Lipinski definition) is 1.